The molecule has 70 valence electrons. The number of hydrogen-bond acceptors (Lipinski definition) is 1. The summed E-state index contributed by atoms with van der Waals surface area (Å²) in [6, 6.07) is 10.2. The number of benzene rings is 1. The monoisotopic (exact) mass is 288 g/mol. The van der Waals surface area contributed by atoms with E-state index in [1.165, 1.54) is 5.56 Å². The first-order valence-corrected chi connectivity index (χ1v) is 5.34. The number of hydrogen-bond donors (Lipinski definition) is 1. The van der Waals surface area contributed by atoms with Crippen molar-refractivity contribution in [2.24, 2.45) is 0 Å². The van der Waals surface area contributed by atoms with E-state index in [9.17, 15) is 5.11 Å². The molecule has 0 radical (unpaired) electrons. The van der Waals surface area contributed by atoms with Gasteiger partial charge in [-0.2, -0.15) is 0 Å². The van der Waals surface area contributed by atoms with Gasteiger partial charge >= 0.3 is 0 Å². The van der Waals surface area contributed by atoms with E-state index in [4.69, 9.17) is 0 Å². The van der Waals surface area contributed by atoms with Gasteiger partial charge in [0.1, 0.15) is 0 Å². The summed E-state index contributed by atoms with van der Waals surface area (Å²) in [5, 5.41) is 9.48. The Morgan fingerprint density at radius 3 is 2.54 bits per heavy atom. The van der Waals surface area contributed by atoms with Crippen LogP contribution in [0.4, 0.5) is 0 Å². The molecule has 0 bridgehead atoms. The molecule has 1 atom stereocenters. The molecule has 1 N–H and O–H groups in total. The lowest BCUT2D eigenvalue weighted by Crippen LogP contribution is -2.06. The molecular formula is C11H13IO. The molecule has 0 saturated heterocycles. The maximum absolute atomic E-state index is 9.48. The second kappa shape index (κ2) is 5.40. The van der Waals surface area contributed by atoms with Gasteiger partial charge in [0.25, 0.3) is 0 Å². The maximum Gasteiger partial charge on any atom is 0.0843 e. The fourth-order valence-corrected chi connectivity index (χ4v) is 1.42. The Morgan fingerprint density at radius 1 is 1.38 bits per heavy atom. The van der Waals surface area contributed by atoms with Gasteiger partial charge in [-0.1, -0.05) is 36.9 Å². The Labute approximate surface area is 92.6 Å². The zero-order valence-electron chi connectivity index (χ0n) is 7.41. The minimum atomic E-state index is -0.374. The third-order valence-corrected chi connectivity index (χ3v) is 2.63. The largest absolute Gasteiger partial charge is 0.388 e. The van der Waals surface area contributed by atoms with Gasteiger partial charge in [-0.3, -0.25) is 0 Å². The topological polar surface area (TPSA) is 20.2 Å². The summed E-state index contributed by atoms with van der Waals surface area (Å²) in [4.78, 5) is 0. The second-order valence-corrected chi connectivity index (χ2v) is 4.37. The van der Waals surface area contributed by atoms with E-state index >= 15 is 0 Å². The van der Waals surface area contributed by atoms with Gasteiger partial charge in [0.15, 0.2) is 0 Å². The van der Waals surface area contributed by atoms with E-state index < -0.39 is 0 Å². The highest BCUT2D eigenvalue weighted by atomic mass is 127. The summed E-state index contributed by atoms with van der Waals surface area (Å²) in [6.45, 7) is 3.70. The van der Waals surface area contributed by atoms with Crippen molar-refractivity contribution in [2.45, 2.75) is 18.9 Å². The predicted octanol–water partition coefficient (Wildman–Crippen LogP) is 2.93. The highest BCUT2D eigenvalue weighted by Gasteiger charge is 2.05. The van der Waals surface area contributed by atoms with Crippen LogP contribution >= 0.6 is 22.6 Å². The zero-order chi connectivity index (χ0) is 9.68. The van der Waals surface area contributed by atoms with Gasteiger partial charge in [0.05, 0.1) is 6.10 Å². The minimum absolute atomic E-state index is 0.374. The summed E-state index contributed by atoms with van der Waals surface area (Å²) in [6.07, 6.45) is 1.29. The van der Waals surface area contributed by atoms with Gasteiger partial charge in [0, 0.05) is 3.58 Å². The van der Waals surface area contributed by atoms with Crippen molar-refractivity contribution in [3.63, 3.8) is 0 Å². The van der Waals surface area contributed by atoms with E-state index in [1.54, 1.807) is 0 Å². The van der Waals surface area contributed by atoms with Gasteiger partial charge < -0.3 is 5.11 Å². The van der Waals surface area contributed by atoms with Crippen LogP contribution in [0.15, 0.2) is 40.5 Å². The van der Waals surface area contributed by atoms with Gasteiger partial charge in [-0.05, 0) is 41.0 Å². The fraction of sp³-hybridized carbons (Fsp3) is 0.273. The quantitative estimate of drug-likeness (QED) is 0.845. The van der Waals surface area contributed by atoms with Crippen molar-refractivity contribution in [2.75, 3.05) is 0 Å². The van der Waals surface area contributed by atoms with Crippen LogP contribution in [-0.2, 0) is 6.42 Å². The molecular weight excluding hydrogens is 275 g/mol. The fourth-order valence-electron chi connectivity index (χ4n) is 1.10. The Hall–Kier alpha value is -0.350. The number of rotatable bonds is 4. The molecule has 0 fully saturated rings. The van der Waals surface area contributed by atoms with Crippen LogP contribution in [0.5, 0.6) is 0 Å². The highest BCUT2D eigenvalue weighted by Crippen LogP contribution is 2.14. The zero-order valence-corrected chi connectivity index (χ0v) is 9.57. The van der Waals surface area contributed by atoms with Crippen LogP contribution in [0, 0.1) is 0 Å². The van der Waals surface area contributed by atoms with E-state index in [0.29, 0.717) is 0 Å². The third-order valence-electron chi connectivity index (χ3n) is 1.91. The van der Waals surface area contributed by atoms with Crippen molar-refractivity contribution in [1.82, 2.24) is 0 Å². The third kappa shape index (κ3) is 3.91. The first-order chi connectivity index (χ1) is 6.20. The second-order valence-electron chi connectivity index (χ2n) is 2.99. The molecule has 0 amide bonds. The van der Waals surface area contributed by atoms with Crippen LogP contribution in [0.1, 0.15) is 12.0 Å². The van der Waals surface area contributed by atoms with E-state index in [0.717, 1.165) is 16.4 Å². The van der Waals surface area contributed by atoms with E-state index in [1.807, 2.05) is 18.2 Å². The molecule has 0 aliphatic rings. The number of halogens is 1. The lowest BCUT2D eigenvalue weighted by molar-refractivity contribution is 0.211. The van der Waals surface area contributed by atoms with Crippen LogP contribution < -0.4 is 0 Å². The molecule has 0 aliphatic carbocycles. The Bertz CT molecular complexity index is 269. The first-order valence-electron chi connectivity index (χ1n) is 4.26. The van der Waals surface area contributed by atoms with Crippen LogP contribution in [-0.4, -0.2) is 11.2 Å². The summed E-state index contributed by atoms with van der Waals surface area (Å²) in [5.41, 5.74) is 1.26. The smallest absolute Gasteiger partial charge is 0.0843 e. The van der Waals surface area contributed by atoms with Crippen molar-refractivity contribution < 1.29 is 5.11 Å². The molecule has 0 saturated carbocycles. The highest BCUT2D eigenvalue weighted by molar-refractivity contribution is 14.1. The van der Waals surface area contributed by atoms with Crippen LogP contribution in [0.3, 0.4) is 0 Å². The van der Waals surface area contributed by atoms with Gasteiger partial charge in [-0.25, -0.2) is 0 Å². The van der Waals surface area contributed by atoms with E-state index in [-0.39, 0.29) is 6.10 Å². The molecule has 0 spiro atoms. The Morgan fingerprint density at radius 2 is 2.00 bits per heavy atom. The maximum atomic E-state index is 9.48. The van der Waals surface area contributed by atoms with E-state index in [2.05, 4.69) is 41.3 Å². The van der Waals surface area contributed by atoms with Crippen molar-refractivity contribution in [3.8, 4) is 0 Å². The Kier molecular flexibility index (Phi) is 4.45. The Balaban J connectivity index is 2.39. The molecule has 0 aromatic heterocycles. The molecule has 1 aromatic carbocycles. The molecule has 1 nitrogen and oxygen atoms in total. The summed E-state index contributed by atoms with van der Waals surface area (Å²) >= 11 is 2.07. The SMILES string of the molecule is C=C(I)C(O)CCc1ccccc1. The molecule has 2 heteroatoms. The molecule has 0 aliphatic heterocycles. The number of aryl methyl sites for hydroxylation is 1. The molecule has 0 heterocycles. The van der Waals surface area contributed by atoms with Crippen LogP contribution in [0.2, 0.25) is 0 Å². The first kappa shape index (κ1) is 10.7. The predicted molar refractivity (Wildman–Crippen MR) is 63.9 cm³/mol. The normalized spacial score (nSPS) is 12.5. The number of aliphatic hydroxyl groups is 1. The average Bonchev–Trinajstić information content (AvgIpc) is 2.15. The van der Waals surface area contributed by atoms with Crippen molar-refractivity contribution in [3.05, 3.63) is 46.1 Å². The minimum Gasteiger partial charge on any atom is -0.388 e. The average molecular weight is 288 g/mol. The summed E-state index contributed by atoms with van der Waals surface area (Å²) in [5.74, 6) is 0. The van der Waals surface area contributed by atoms with Crippen molar-refractivity contribution >= 4 is 22.6 Å². The lowest BCUT2D eigenvalue weighted by Gasteiger charge is -2.08. The standard InChI is InChI=1S/C11H13IO/c1-9(12)11(13)8-7-10-5-3-2-4-6-10/h2-6,11,13H,1,7-8H2. The molecule has 1 rings (SSSR count). The van der Waals surface area contributed by atoms with Crippen molar-refractivity contribution in [1.29, 1.82) is 0 Å². The van der Waals surface area contributed by atoms with Gasteiger partial charge in [0.2, 0.25) is 0 Å². The molecule has 13 heavy (non-hydrogen) atoms. The molecule has 1 aromatic rings. The number of aliphatic hydroxyl groups excluding tert-OH is 1. The summed E-state index contributed by atoms with van der Waals surface area (Å²) in [7, 11) is 0. The van der Waals surface area contributed by atoms with Crippen LogP contribution in [0.25, 0.3) is 0 Å². The summed E-state index contributed by atoms with van der Waals surface area (Å²) < 4.78 is 0.813. The van der Waals surface area contributed by atoms with Gasteiger partial charge in [-0.15, -0.1) is 0 Å². The lowest BCUT2D eigenvalue weighted by atomic mass is 10.1. The molecule has 1 unspecified atom stereocenters.